The highest BCUT2D eigenvalue weighted by molar-refractivity contribution is 7.16. The highest BCUT2D eigenvalue weighted by Gasteiger charge is 2.15. The van der Waals surface area contributed by atoms with Gasteiger partial charge in [0.05, 0.1) is 24.6 Å². The van der Waals surface area contributed by atoms with Gasteiger partial charge in [0.15, 0.2) is 0 Å². The maximum Gasteiger partial charge on any atom is 0.308 e. The van der Waals surface area contributed by atoms with Crippen LogP contribution in [0.4, 0.5) is 5.13 Å². The van der Waals surface area contributed by atoms with Crippen LogP contribution in [0.2, 0.25) is 0 Å². The summed E-state index contributed by atoms with van der Waals surface area (Å²) in [5.41, 5.74) is 4.35. The van der Waals surface area contributed by atoms with Gasteiger partial charge < -0.3 is 9.52 Å². The summed E-state index contributed by atoms with van der Waals surface area (Å²) in [4.78, 5) is 16.2. The molecule has 1 aromatic carbocycles. The van der Waals surface area contributed by atoms with Crippen molar-refractivity contribution in [2.24, 2.45) is 5.10 Å². The quantitative estimate of drug-likeness (QED) is 0.534. The number of anilines is 1. The lowest BCUT2D eigenvalue weighted by molar-refractivity contribution is -0.136. The fourth-order valence-electron chi connectivity index (χ4n) is 1.99. The maximum atomic E-state index is 11.0. The van der Waals surface area contributed by atoms with Crippen molar-refractivity contribution >= 4 is 28.7 Å². The fraction of sp³-hybridized carbons (Fsp3) is 0.0625. The molecule has 0 fully saturated rings. The molecule has 6 nitrogen and oxygen atoms in total. The Morgan fingerprint density at radius 3 is 2.83 bits per heavy atom. The summed E-state index contributed by atoms with van der Waals surface area (Å²) >= 11 is 1.27. The van der Waals surface area contributed by atoms with E-state index in [0.717, 1.165) is 5.56 Å². The molecule has 0 aliphatic carbocycles. The number of aromatic nitrogens is 1. The second kappa shape index (κ2) is 6.89. The second-order valence-electron chi connectivity index (χ2n) is 4.61. The van der Waals surface area contributed by atoms with Gasteiger partial charge >= 0.3 is 5.97 Å². The minimum absolute atomic E-state index is 0.0779. The van der Waals surface area contributed by atoms with E-state index in [2.05, 4.69) is 15.5 Å². The minimum Gasteiger partial charge on any atom is -0.481 e. The van der Waals surface area contributed by atoms with Crippen LogP contribution in [0.1, 0.15) is 10.6 Å². The zero-order valence-electron chi connectivity index (χ0n) is 12.0. The zero-order valence-corrected chi connectivity index (χ0v) is 12.8. The molecular weight excluding hydrogens is 314 g/mol. The Labute approximate surface area is 136 Å². The molecule has 0 unspecified atom stereocenters. The van der Waals surface area contributed by atoms with Crippen LogP contribution in [0.15, 0.2) is 58.2 Å². The van der Waals surface area contributed by atoms with Crippen molar-refractivity contribution in [3.05, 3.63) is 59.4 Å². The van der Waals surface area contributed by atoms with Crippen LogP contribution < -0.4 is 5.43 Å². The van der Waals surface area contributed by atoms with Crippen molar-refractivity contribution in [3.63, 3.8) is 0 Å². The predicted molar refractivity (Wildman–Crippen MR) is 88.8 cm³/mol. The normalized spacial score (nSPS) is 11.0. The molecule has 0 aliphatic heterocycles. The third-order valence-corrected chi connectivity index (χ3v) is 3.91. The van der Waals surface area contributed by atoms with Gasteiger partial charge in [0, 0.05) is 10.4 Å². The van der Waals surface area contributed by atoms with Gasteiger partial charge in [-0.25, -0.2) is 4.98 Å². The van der Waals surface area contributed by atoms with Crippen LogP contribution in [0.5, 0.6) is 0 Å². The molecule has 116 valence electrons. The lowest BCUT2D eigenvalue weighted by Gasteiger charge is -1.99. The van der Waals surface area contributed by atoms with Gasteiger partial charge in [-0.3, -0.25) is 10.2 Å². The first-order valence-electron chi connectivity index (χ1n) is 6.82. The van der Waals surface area contributed by atoms with Crippen molar-refractivity contribution in [2.45, 2.75) is 6.42 Å². The topological polar surface area (TPSA) is 87.7 Å². The Hall–Kier alpha value is -2.93. The van der Waals surface area contributed by atoms with E-state index < -0.39 is 5.97 Å². The van der Waals surface area contributed by atoms with E-state index in [4.69, 9.17) is 9.52 Å². The van der Waals surface area contributed by atoms with Crippen LogP contribution >= 0.6 is 11.3 Å². The Morgan fingerprint density at radius 2 is 2.13 bits per heavy atom. The van der Waals surface area contributed by atoms with Gasteiger partial charge in [-0.05, 0) is 12.1 Å². The number of nitrogens with one attached hydrogen (secondary N) is 1. The molecule has 2 aromatic heterocycles. The van der Waals surface area contributed by atoms with Gasteiger partial charge in [-0.2, -0.15) is 5.10 Å². The van der Waals surface area contributed by atoms with Crippen LogP contribution in [0.3, 0.4) is 0 Å². The Bertz CT molecular complexity index is 810. The number of carboxylic acids is 1. The zero-order chi connectivity index (χ0) is 16.1. The second-order valence-corrected chi connectivity index (χ2v) is 5.70. The number of furan rings is 1. The van der Waals surface area contributed by atoms with Crippen molar-refractivity contribution < 1.29 is 14.3 Å². The van der Waals surface area contributed by atoms with E-state index in [1.807, 2.05) is 30.3 Å². The molecule has 3 rings (SSSR count). The highest BCUT2D eigenvalue weighted by Crippen LogP contribution is 2.31. The number of rotatable bonds is 6. The summed E-state index contributed by atoms with van der Waals surface area (Å²) in [6, 6.07) is 13.0. The van der Waals surface area contributed by atoms with E-state index in [1.54, 1.807) is 18.4 Å². The number of carboxylic acid groups (broad SMARTS) is 1. The summed E-state index contributed by atoms with van der Waals surface area (Å²) in [5, 5.41) is 13.6. The first kappa shape index (κ1) is 15.0. The minimum atomic E-state index is -0.892. The van der Waals surface area contributed by atoms with Crippen LogP contribution in [0, 0.1) is 0 Å². The highest BCUT2D eigenvalue weighted by atomic mass is 32.1. The number of hydrogen-bond acceptors (Lipinski definition) is 6. The van der Waals surface area contributed by atoms with E-state index in [0.29, 0.717) is 21.5 Å². The molecule has 0 bridgehead atoms. The largest absolute Gasteiger partial charge is 0.481 e. The van der Waals surface area contributed by atoms with Gasteiger partial charge in [0.1, 0.15) is 5.76 Å². The van der Waals surface area contributed by atoms with Crippen LogP contribution in [-0.4, -0.2) is 22.3 Å². The number of hydrazone groups is 1. The molecule has 0 aliphatic rings. The average Bonchev–Trinajstić information content (AvgIpc) is 3.18. The molecule has 2 heterocycles. The van der Waals surface area contributed by atoms with Crippen LogP contribution in [-0.2, 0) is 11.2 Å². The molecule has 23 heavy (non-hydrogen) atoms. The van der Waals surface area contributed by atoms with Gasteiger partial charge in [-0.15, -0.1) is 0 Å². The van der Waals surface area contributed by atoms with Gasteiger partial charge in [-0.1, -0.05) is 41.7 Å². The number of carbonyl (C=O) groups is 1. The number of hydrogen-bond donors (Lipinski definition) is 2. The number of benzene rings is 1. The molecule has 0 atom stereocenters. The summed E-state index contributed by atoms with van der Waals surface area (Å²) in [7, 11) is 0. The fourth-order valence-corrected chi connectivity index (χ4v) is 2.92. The molecular formula is C16H13N3O3S. The molecule has 0 saturated heterocycles. The van der Waals surface area contributed by atoms with E-state index in [1.165, 1.54) is 17.6 Å². The third kappa shape index (κ3) is 3.83. The standard InChI is InChI=1S/C16H13N3O3S/c20-14(21)9-13-15(11-5-2-1-3-6-11)18-16(23-13)19-17-10-12-7-4-8-22-12/h1-8,10H,9H2,(H,18,19)(H,20,21)/b17-10-. The molecule has 0 radical (unpaired) electrons. The summed E-state index contributed by atoms with van der Waals surface area (Å²) < 4.78 is 5.14. The first-order chi connectivity index (χ1) is 11.2. The molecule has 2 N–H and O–H groups in total. The molecule has 3 aromatic rings. The third-order valence-electron chi connectivity index (χ3n) is 2.95. The Kier molecular flexibility index (Phi) is 4.49. The number of aliphatic carboxylic acids is 1. The number of nitrogens with zero attached hydrogens (tertiary/aromatic N) is 2. The van der Waals surface area contributed by atoms with Crippen molar-refractivity contribution in [1.29, 1.82) is 0 Å². The summed E-state index contributed by atoms with van der Waals surface area (Å²) in [6.45, 7) is 0. The summed E-state index contributed by atoms with van der Waals surface area (Å²) in [5.74, 6) is -0.278. The monoisotopic (exact) mass is 327 g/mol. The van der Waals surface area contributed by atoms with E-state index >= 15 is 0 Å². The van der Waals surface area contributed by atoms with Gasteiger partial charge in [0.25, 0.3) is 0 Å². The smallest absolute Gasteiger partial charge is 0.308 e. The van der Waals surface area contributed by atoms with Gasteiger partial charge in [0.2, 0.25) is 5.13 Å². The molecule has 7 heteroatoms. The molecule has 0 spiro atoms. The first-order valence-corrected chi connectivity index (χ1v) is 7.63. The van der Waals surface area contributed by atoms with Crippen molar-refractivity contribution in [2.75, 3.05) is 5.43 Å². The van der Waals surface area contributed by atoms with Crippen molar-refractivity contribution in [3.8, 4) is 11.3 Å². The lowest BCUT2D eigenvalue weighted by Crippen LogP contribution is -1.99. The summed E-state index contributed by atoms with van der Waals surface area (Å²) in [6.07, 6.45) is 3.01. The molecule has 0 amide bonds. The Morgan fingerprint density at radius 1 is 1.30 bits per heavy atom. The lowest BCUT2D eigenvalue weighted by atomic mass is 10.1. The maximum absolute atomic E-state index is 11.0. The molecule has 0 saturated carbocycles. The van der Waals surface area contributed by atoms with E-state index in [-0.39, 0.29) is 6.42 Å². The van der Waals surface area contributed by atoms with Crippen LogP contribution in [0.25, 0.3) is 11.3 Å². The average molecular weight is 327 g/mol. The predicted octanol–water partition coefficient (Wildman–Crippen LogP) is 3.48. The Balaban J connectivity index is 1.84. The number of thiazole rings is 1. The van der Waals surface area contributed by atoms with E-state index in [9.17, 15) is 4.79 Å². The van der Waals surface area contributed by atoms with Crippen molar-refractivity contribution in [1.82, 2.24) is 4.98 Å². The SMILES string of the molecule is O=C(O)Cc1sc(N/N=C\c2ccco2)nc1-c1ccccc1.